The molecular formula is C21H24FN3O2S. The summed E-state index contributed by atoms with van der Waals surface area (Å²) in [5.74, 6) is -0.488. The van der Waals surface area contributed by atoms with E-state index < -0.39 is 5.82 Å². The second-order valence-electron chi connectivity index (χ2n) is 7.07. The van der Waals surface area contributed by atoms with Crippen LogP contribution in [0.1, 0.15) is 45.2 Å². The van der Waals surface area contributed by atoms with E-state index in [1.165, 1.54) is 47.8 Å². The number of carbonyl (C=O) groups excluding carboxylic acids is 2. The van der Waals surface area contributed by atoms with E-state index in [2.05, 4.69) is 17.2 Å². The summed E-state index contributed by atoms with van der Waals surface area (Å²) in [6, 6.07) is 6.28. The van der Waals surface area contributed by atoms with E-state index in [4.69, 9.17) is 0 Å². The maximum Gasteiger partial charge on any atom is 0.244 e. The van der Waals surface area contributed by atoms with Crippen molar-refractivity contribution in [2.24, 2.45) is 5.92 Å². The average molecular weight is 402 g/mol. The molecule has 148 valence electrons. The van der Waals surface area contributed by atoms with E-state index >= 15 is 0 Å². The maximum atomic E-state index is 14.1. The van der Waals surface area contributed by atoms with Crippen molar-refractivity contribution >= 4 is 40.0 Å². The highest BCUT2D eigenvalue weighted by Crippen LogP contribution is 2.31. The summed E-state index contributed by atoms with van der Waals surface area (Å²) in [4.78, 5) is 29.9. The van der Waals surface area contributed by atoms with Gasteiger partial charge in [-0.15, -0.1) is 11.3 Å². The smallest absolute Gasteiger partial charge is 0.244 e. The highest BCUT2D eigenvalue weighted by atomic mass is 32.1. The zero-order valence-corrected chi connectivity index (χ0v) is 16.8. The van der Waals surface area contributed by atoms with Crippen molar-refractivity contribution in [3.63, 3.8) is 0 Å². The third-order valence-corrected chi connectivity index (χ3v) is 5.80. The Morgan fingerprint density at radius 2 is 2.04 bits per heavy atom. The first kappa shape index (κ1) is 20.2. The van der Waals surface area contributed by atoms with Crippen molar-refractivity contribution in [2.45, 2.75) is 45.6 Å². The molecular weight excluding hydrogens is 377 g/mol. The second kappa shape index (κ2) is 9.10. The lowest BCUT2D eigenvalue weighted by Gasteiger charge is -2.29. The average Bonchev–Trinajstić information content (AvgIpc) is 3.12. The van der Waals surface area contributed by atoms with Crippen molar-refractivity contribution in [3.8, 4) is 0 Å². The Labute approximate surface area is 168 Å². The molecule has 1 N–H and O–H groups in total. The molecule has 5 nitrogen and oxygen atoms in total. The van der Waals surface area contributed by atoms with Gasteiger partial charge in [-0.1, -0.05) is 31.9 Å². The topological polar surface area (TPSA) is 62.3 Å². The van der Waals surface area contributed by atoms with Gasteiger partial charge in [0.1, 0.15) is 5.82 Å². The normalized spacial score (nSPS) is 19.5. The summed E-state index contributed by atoms with van der Waals surface area (Å²) >= 11 is 1.22. The molecule has 0 aliphatic heterocycles. The van der Waals surface area contributed by atoms with E-state index in [0.717, 1.165) is 19.3 Å². The molecule has 0 saturated heterocycles. The molecule has 28 heavy (non-hydrogen) atoms. The number of halogens is 1. The first-order valence-electron chi connectivity index (χ1n) is 9.45. The predicted molar refractivity (Wildman–Crippen MR) is 110 cm³/mol. The van der Waals surface area contributed by atoms with E-state index in [1.54, 1.807) is 23.6 Å². The predicted octanol–water partition coefficient (Wildman–Crippen LogP) is 4.67. The van der Waals surface area contributed by atoms with Crippen molar-refractivity contribution < 1.29 is 14.0 Å². The molecule has 1 aromatic heterocycles. The van der Waals surface area contributed by atoms with Gasteiger partial charge in [-0.25, -0.2) is 9.37 Å². The molecule has 0 bridgehead atoms. The third-order valence-electron chi connectivity index (χ3n) is 4.95. The molecule has 2 aromatic rings. The maximum absolute atomic E-state index is 14.1. The zero-order chi connectivity index (χ0) is 20.1. The number of nitrogens with one attached hydrogen (secondary N) is 1. The summed E-state index contributed by atoms with van der Waals surface area (Å²) in [5.41, 5.74) is 0.707. The van der Waals surface area contributed by atoms with Crippen molar-refractivity contribution in [1.29, 1.82) is 0 Å². The second-order valence-corrected chi connectivity index (χ2v) is 7.91. The monoisotopic (exact) mass is 401 g/mol. The minimum Gasteiger partial charge on any atom is -0.350 e. The van der Waals surface area contributed by atoms with E-state index in [1.807, 2.05) is 0 Å². The molecule has 1 fully saturated rings. The van der Waals surface area contributed by atoms with Crippen LogP contribution < -0.4 is 10.2 Å². The molecule has 1 aliphatic carbocycles. The van der Waals surface area contributed by atoms with Crippen LogP contribution in [0.15, 0.2) is 35.7 Å². The number of carbonyl (C=O) groups is 2. The van der Waals surface area contributed by atoms with Crippen LogP contribution in [-0.4, -0.2) is 22.8 Å². The summed E-state index contributed by atoms with van der Waals surface area (Å²) < 4.78 is 14.1. The van der Waals surface area contributed by atoms with Crippen LogP contribution in [-0.2, 0) is 9.59 Å². The van der Waals surface area contributed by atoms with Crippen molar-refractivity contribution in [3.05, 3.63) is 47.2 Å². The first-order chi connectivity index (χ1) is 13.5. The lowest BCUT2D eigenvalue weighted by atomic mass is 9.86. The first-order valence-corrected chi connectivity index (χ1v) is 10.3. The lowest BCUT2D eigenvalue weighted by Crippen LogP contribution is -2.40. The molecule has 7 heteroatoms. The Hall–Kier alpha value is -2.54. The van der Waals surface area contributed by atoms with Gasteiger partial charge < -0.3 is 5.32 Å². The molecule has 1 saturated carbocycles. The van der Waals surface area contributed by atoms with Crippen molar-refractivity contribution in [1.82, 2.24) is 10.3 Å². The van der Waals surface area contributed by atoms with Gasteiger partial charge in [0.25, 0.3) is 0 Å². The zero-order valence-electron chi connectivity index (χ0n) is 16.0. The number of nitrogens with zero attached hydrogens (tertiary/aromatic N) is 2. The Balaban J connectivity index is 1.70. The van der Waals surface area contributed by atoms with Crippen LogP contribution in [0.2, 0.25) is 0 Å². The number of thiazole rings is 1. The molecule has 0 spiro atoms. The van der Waals surface area contributed by atoms with E-state index in [9.17, 15) is 14.0 Å². The van der Waals surface area contributed by atoms with Gasteiger partial charge in [0.2, 0.25) is 11.8 Å². The van der Waals surface area contributed by atoms with Gasteiger partial charge in [-0.05, 0) is 37.0 Å². The molecule has 1 aliphatic rings. The van der Waals surface area contributed by atoms with Crippen LogP contribution in [0.5, 0.6) is 0 Å². The Bertz CT molecular complexity index is 880. The molecule has 2 amide bonds. The summed E-state index contributed by atoms with van der Waals surface area (Å²) in [6.07, 6.45) is 7.59. The highest BCUT2D eigenvalue weighted by Gasteiger charge is 2.22. The Morgan fingerprint density at radius 3 is 2.75 bits per heavy atom. The van der Waals surface area contributed by atoms with Crippen LogP contribution in [0, 0.1) is 11.7 Å². The number of anilines is 2. The van der Waals surface area contributed by atoms with Crippen LogP contribution in [0.4, 0.5) is 15.2 Å². The highest BCUT2D eigenvalue weighted by molar-refractivity contribution is 7.14. The van der Waals surface area contributed by atoms with Gasteiger partial charge in [-0.3, -0.25) is 14.5 Å². The number of amides is 2. The fourth-order valence-electron chi connectivity index (χ4n) is 3.42. The fourth-order valence-corrected chi connectivity index (χ4v) is 4.27. The lowest BCUT2D eigenvalue weighted by molar-refractivity contribution is -0.118. The van der Waals surface area contributed by atoms with Crippen LogP contribution in [0.25, 0.3) is 6.08 Å². The van der Waals surface area contributed by atoms with Crippen LogP contribution >= 0.6 is 11.3 Å². The van der Waals surface area contributed by atoms with Gasteiger partial charge in [0.15, 0.2) is 5.13 Å². The standard InChI is InChI=1S/C21H24FN3O2S/c1-14-7-3-5-9-18(14)24-20(27)12-11-16-13-28-21(23-16)25(15(2)26)19-10-6-4-8-17(19)22/h4,6,8,10-14,18H,3,5,7,9H2,1-2H3,(H,24,27)/b12-11+. The SMILES string of the molecule is CC(=O)N(c1nc(/C=C/C(=O)NC2CCCCC2C)cs1)c1ccccc1F. The number of hydrogen-bond donors (Lipinski definition) is 1. The molecule has 3 rings (SSSR count). The number of benzene rings is 1. The summed E-state index contributed by atoms with van der Waals surface area (Å²) in [7, 11) is 0. The molecule has 1 aromatic carbocycles. The number of rotatable bonds is 5. The number of hydrogen-bond acceptors (Lipinski definition) is 4. The molecule has 1 heterocycles. The number of para-hydroxylation sites is 1. The van der Waals surface area contributed by atoms with E-state index in [-0.39, 0.29) is 23.5 Å². The Kier molecular flexibility index (Phi) is 6.57. The minimum atomic E-state index is -0.494. The quantitative estimate of drug-likeness (QED) is 0.740. The number of aromatic nitrogens is 1. The molecule has 2 unspecified atom stereocenters. The third kappa shape index (κ3) is 4.84. The minimum absolute atomic E-state index is 0.147. The van der Waals surface area contributed by atoms with Crippen molar-refractivity contribution in [2.75, 3.05) is 4.90 Å². The molecule has 0 radical (unpaired) electrons. The Morgan fingerprint density at radius 1 is 1.29 bits per heavy atom. The summed E-state index contributed by atoms with van der Waals surface area (Å²) in [5, 5.41) is 5.15. The van der Waals surface area contributed by atoms with E-state index in [0.29, 0.717) is 16.7 Å². The van der Waals surface area contributed by atoms with Gasteiger partial charge in [0.05, 0.1) is 11.4 Å². The summed E-state index contributed by atoms with van der Waals surface area (Å²) in [6.45, 7) is 3.53. The fraction of sp³-hybridized carbons (Fsp3) is 0.381. The molecule has 2 atom stereocenters. The van der Waals surface area contributed by atoms with Gasteiger partial charge in [-0.2, -0.15) is 0 Å². The van der Waals surface area contributed by atoms with Crippen LogP contribution in [0.3, 0.4) is 0 Å². The largest absolute Gasteiger partial charge is 0.350 e. The van der Waals surface area contributed by atoms with Gasteiger partial charge in [0, 0.05) is 24.4 Å². The van der Waals surface area contributed by atoms with Gasteiger partial charge >= 0.3 is 0 Å².